The average molecular weight is 250 g/mol. The number of nitrogens with zero attached hydrogens (tertiary/aromatic N) is 1. The van der Waals surface area contributed by atoms with Crippen molar-refractivity contribution in [2.24, 2.45) is 0 Å². The molecule has 1 aromatic carbocycles. The van der Waals surface area contributed by atoms with Gasteiger partial charge in [0.1, 0.15) is 0 Å². The van der Waals surface area contributed by atoms with Gasteiger partial charge in [-0.05, 0) is 24.6 Å². The summed E-state index contributed by atoms with van der Waals surface area (Å²) in [6.07, 6.45) is -1.70. The van der Waals surface area contributed by atoms with Crippen molar-refractivity contribution < 1.29 is 15.0 Å². The number of aryl methyl sites for hydroxylation is 1. The summed E-state index contributed by atoms with van der Waals surface area (Å²) in [5, 5.41) is 21.9. The minimum Gasteiger partial charge on any atom is -0.388 e. The normalized spacial score (nSPS) is 23.2. The first kappa shape index (κ1) is 12.9. The van der Waals surface area contributed by atoms with Crippen LogP contribution in [-0.2, 0) is 0 Å². The summed E-state index contributed by atoms with van der Waals surface area (Å²) in [6.45, 7) is 2.31. The Morgan fingerprint density at radius 3 is 2.50 bits per heavy atom. The molecule has 0 aromatic heterocycles. The van der Waals surface area contributed by atoms with E-state index in [9.17, 15) is 15.0 Å². The molecule has 0 saturated carbocycles. The zero-order valence-electron chi connectivity index (χ0n) is 10.6. The van der Waals surface area contributed by atoms with Crippen molar-refractivity contribution in [2.75, 3.05) is 25.5 Å². The van der Waals surface area contributed by atoms with E-state index in [4.69, 9.17) is 0 Å². The van der Waals surface area contributed by atoms with Gasteiger partial charge in [-0.15, -0.1) is 0 Å². The number of hydrogen-bond acceptors (Lipinski definition) is 4. The fourth-order valence-electron chi connectivity index (χ4n) is 2.16. The highest BCUT2D eigenvalue weighted by molar-refractivity contribution is 6.00. The number of carbonyl (C=O) groups is 1. The van der Waals surface area contributed by atoms with E-state index in [1.54, 1.807) is 13.1 Å². The van der Waals surface area contributed by atoms with Gasteiger partial charge in [-0.2, -0.15) is 0 Å². The number of carbonyl (C=O) groups excluding carboxylic acids is 1. The number of rotatable bonds is 2. The third-order valence-corrected chi connectivity index (χ3v) is 3.22. The van der Waals surface area contributed by atoms with Gasteiger partial charge >= 0.3 is 0 Å². The number of anilines is 1. The first-order chi connectivity index (χ1) is 8.52. The molecular formula is C13H18N2O3. The Morgan fingerprint density at radius 2 is 1.94 bits per heavy atom. The minimum absolute atomic E-state index is 0.171. The number of likely N-dealkylation sites (tertiary alicyclic amines) is 1. The molecule has 3 N–H and O–H groups in total. The molecule has 0 radical (unpaired) electrons. The molecule has 1 fully saturated rings. The molecule has 2 rings (SSSR count). The van der Waals surface area contributed by atoms with Crippen LogP contribution in [0.2, 0.25) is 0 Å². The van der Waals surface area contributed by atoms with Crippen LogP contribution < -0.4 is 5.32 Å². The van der Waals surface area contributed by atoms with Crippen LogP contribution in [0.4, 0.5) is 5.69 Å². The van der Waals surface area contributed by atoms with Crippen LogP contribution in [0.25, 0.3) is 0 Å². The van der Waals surface area contributed by atoms with Crippen molar-refractivity contribution in [3.8, 4) is 0 Å². The van der Waals surface area contributed by atoms with Gasteiger partial charge in [0.2, 0.25) is 0 Å². The minimum atomic E-state index is -0.850. The fourth-order valence-corrected chi connectivity index (χ4v) is 2.16. The Bertz CT molecular complexity index is 452. The van der Waals surface area contributed by atoms with Crippen LogP contribution in [0.5, 0.6) is 0 Å². The molecule has 18 heavy (non-hydrogen) atoms. The largest absolute Gasteiger partial charge is 0.388 e. The van der Waals surface area contributed by atoms with Crippen LogP contribution in [0.3, 0.4) is 0 Å². The van der Waals surface area contributed by atoms with E-state index in [1.165, 1.54) is 4.90 Å². The Kier molecular flexibility index (Phi) is 3.54. The molecule has 1 saturated heterocycles. The first-order valence-corrected chi connectivity index (χ1v) is 5.96. The summed E-state index contributed by atoms with van der Waals surface area (Å²) < 4.78 is 0. The lowest BCUT2D eigenvalue weighted by Crippen LogP contribution is -2.30. The average Bonchev–Trinajstić information content (AvgIpc) is 2.68. The lowest BCUT2D eigenvalue weighted by atomic mass is 10.1. The van der Waals surface area contributed by atoms with Gasteiger partial charge in [0.15, 0.2) is 0 Å². The number of nitrogens with one attached hydrogen (secondary N) is 1. The van der Waals surface area contributed by atoms with E-state index in [2.05, 4.69) is 5.32 Å². The highest BCUT2D eigenvalue weighted by atomic mass is 16.3. The molecule has 0 aliphatic carbocycles. The highest BCUT2D eigenvalue weighted by Gasteiger charge is 2.33. The lowest BCUT2D eigenvalue weighted by Gasteiger charge is -2.18. The summed E-state index contributed by atoms with van der Waals surface area (Å²) in [7, 11) is 1.76. The standard InChI is InChI=1S/C13H18N2O3/c1-8-3-4-9(10(5-8)14-2)13(18)15-6-11(16)12(17)7-15/h3-5,11-12,14,16-17H,6-7H2,1-2H3. The summed E-state index contributed by atoms with van der Waals surface area (Å²) in [5.74, 6) is -0.171. The van der Waals surface area contributed by atoms with Gasteiger partial charge in [-0.25, -0.2) is 0 Å². The molecule has 1 aliphatic heterocycles. The second kappa shape index (κ2) is 4.96. The SMILES string of the molecule is CNc1cc(C)ccc1C(=O)N1CC(O)C(O)C1. The molecular weight excluding hydrogens is 232 g/mol. The maximum atomic E-state index is 12.3. The molecule has 2 unspecified atom stereocenters. The monoisotopic (exact) mass is 250 g/mol. The maximum Gasteiger partial charge on any atom is 0.256 e. The van der Waals surface area contributed by atoms with E-state index < -0.39 is 12.2 Å². The highest BCUT2D eigenvalue weighted by Crippen LogP contribution is 2.21. The predicted molar refractivity (Wildman–Crippen MR) is 68.6 cm³/mol. The van der Waals surface area contributed by atoms with Gasteiger partial charge in [-0.1, -0.05) is 6.07 Å². The number of hydrogen-bond donors (Lipinski definition) is 3. The summed E-state index contributed by atoms with van der Waals surface area (Å²) in [4.78, 5) is 13.8. The van der Waals surface area contributed by atoms with Crippen LogP contribution >= 0.6 is 0 Å². The van der Waals surface area contributed by atoms with Crippen molar-refractivity contribution in [1.82, 2.24) is 4.90 Å². The number of amides is 1. The zero-order chi connectivity index (χ0) is 13.3. The number of benzene rings is 1. The molecule has 0 bridgehead atoms. The summed E-state index contributed by atoms with van der Waals surface area (Å²) in [6, 6.07) is 5.54. The van der Waals surface area contributed by atoms with E-state index in [-0.39, 0.29) is 19.0 Å². The van der Waals surface area contributed by atoms with Crippen molar-refractivity contribution in [1.29, 1.82) is 0 Å². The molecule has 2 atom stereocenters. The second-order valence-corrected chi connectivity index (χ2v) is 4.64. The van der Waals surface area contributed by atoms with Gasteiger partial charge in [0.05, 0.1) is 17.8 Å². The van der Waals surface area contributed by atoms with E-state index >= 15 is 0 Å². The molecule has 1 aliphatic rings. The van der Waals surface area contributed by atoms with Gasteiger partial charge in [0, 0.05) is 25.8 Å². The predicted octanol–water partition coefficient (Wildman–Crippen LogP) is 0.214. The Morgan fingerprint density at radius 1 is 1.33 bits per heavy atom. The third-order valence-electron chi connectivity index (χ3n) is 3.22. The molecule has 1 aromatic rings. The van der Waals surface area contributed by atoms with Crippen molar-refractivity contribution in [2.45, 2.75) is 19.1 Å². The van der Waals surface area contributed by atoms with Gasteiger partial charge in [0.25, 0.3) is 5.91 Å². The van der Waals surface area contributed by atoms with E-state index in [0.717, 1.165) is 11.3 Å². The molecule has 5 heteroatoms. The maximum absolute atomic E-state index is 12.3. The fraction of sp³-hybridized carbons (Fsp3) is 0.462. The van der Waals surface area contributed by atoms with Crippen molar-refractivity contribution >= 4 is 11.6 Å². The first-order valence-electron chi connectivity index (χ1n) is 5.96. The number of β-amino-alcohol motifs (C(OH)–C–C–N with tert-alkyl or cyclic N) is 2. The number of aliphatic hydroxyl groups is 2. The Hall–Kier alpha value is -1.59. The smallest absolute Gasteiger partial charge is 0.256 e. The topological polar surface area (TPSA) is 72.8 Å². The van der Waals surface area contributed by atoms with E-state index in [1.807, 2.05) is 19.1 Å². The molecule has 0 spiro atoms. The summed E-state index contributed by atoms with van der Waals surface area (Å²) >= 11 is 0. The Labute approximate surface area is 106 Å². The van der Waals surface area contributed by atoms with Crippen molar-refractivity contribution in [3.05, 3.63) is 29.3 Å². The third kappa shape index (κ3) is 2.32. The Balaban J connectivity index is 2.24. The summed E-state index contributed by atoms with van der Waals surface area (Å²) in [5.41, 5.74) is 2.39. The van der Waals surface area contributed by atoms with Gasteiger partial charge < -0.3 is 20.4 Å². The molecule has 1 amide bonds. The molecule has 98 valence electrons. The van der Waals surface area contributed by atoms with Crippen LogP contribution in [0.15, 0.2) is 18.2 Å². The lowest BCUT2D eigenvalue weighted by molar-refractivity contribution is 0.0572. The quantitative estimate of drug-likeness (QED) is 0.702. The van der Waals surface area contributed by atoms with Crippen LogP contribution in [-0.4, -0.2) is 53.4 Å². The molecule has 5 nitrogen and oxygen atoms in total. The van der Waals surface area contributed by atoms with Gasteiger partial charge in [-0.3, -0.25) is 4.79 Å². The second-order valence-electron chi connectivity index (χ2n) is 4.64. The molecule has 1 heterocycles. The van der Waals surface area contributed by atoms with Crippen molar-refractivity contribution in [3.63, 3.8) is 0 Å². The van der Waals surface area contributed by atoms with Crippen LogP contribution in [0.1, 0.15) is 15.9 Å². The zero-order valence-corrected chi connectivity index (χ0v) is 10.6. The number of aliphatic hydroxyl groups excluding tert-OH is 2. The van der Waals surface area contributed by atoms with Crippen LogP contribution in [0, 0.1) is 6.92 Å². The van der Waals surface area contributed by atoms with E-state index in [0.29, 0.717) is 5.56 Å².